The second-order valence-electron chi connectivity index (χ2n) is 6.44. The summed E-state index contributed by atoms with van der Waals surface area (Å²) < 4.78 is 30.4. The molecular weight excluding hydrogens is 347 g/mol. The molecule has 2 aromatic heterocycles. The van der Waals surface area contributed by atoms with E-state index in [-0.39, 0.29) is 29.4 Å². The van der Waals surface area contributed by atoms with Crippen molar-refractivity contribution in [1.29, 1.82) is 0 Å². The summed E-state index contributed by atoms with van der Waals surface area (Å²) in [6.45, 7) is 3.92. The predicted octanol–water partition coefficient (Wildman–Crippen LogP) is 5.39. The lowest BCUT2D eigenvalue weighted by Gasteiger charge is -2.12. The molecule has 0 aliphatic carbocycles. The van der Waals surface area contributed by atoms with Crippen LogP contribution in [0, 0.1) is 19.7 Å². The standard InChI is InChI=1S/C22H17FO4/c1-13-10-14(2)20-17(11-13)19(24)22(21(27-20)18-4-3-9-25-18)26-12-15-5-7-16(23)8-6-15/h3-11H,12H2,1-2H3. The van der Waals surface area contributed by atoms with Crippen molar-refractivity contribution in [2.24, 2.45) is 0 Å². The van der Waals surface area contributed by atoms with Crippen molar-refractivity contribution in [3.8, 4) is 17.3 Å². The van der Waals surface area contributed by atoms with Gasteiger partial charge in [0.1, 0.15) is 18.0 Å². The molecular formula is C22H17FO4. The van der Waals surface area contributed by atoms with Crippen LogP contribution in [0.2, 0.25) is 0 Å². The minimum Gasteiger partial charge on any atom is -0.481 e. The number of halogens is 1. The zero-order valence-electron chi connectivity index (χ0n) is 14.9. The number of fused-ring (bicyclic) bond motifs is 1. The molecule has 27 heavy (non-hydrogen) atoms. The summed E-state index contributed by atoms with van der Waals surface area (Å²) in [5.74, 6) is 0.396. The fraction of sp³-hybridized carbons (Fsp3) is 0.136. The molecule has 136 valence electrons. The second-order valence-corrected chi connectivity index (χ2v) is 6.44. The van der Waals surface area contributed by atoms with Crippen LogP contribution in [0.5, 0.6) is 5.75 Å². The van der Waals surface area contributed by atoms with Gasteiger partial charge in [-0.2, -0.15) is 0 Å². The highest BCUT2D eigenvalue weighted by Crippen LogP contribution is 2.33. The fourth-order valence-electron chi connectivity index (χ4n) is 3.07. The van der Waals surface area contributed by atoms with Crippen LogP contribution in [0.25, 0.3) is 22.5 Å². The summed E-state index contributed by atoms with van der Waals surface area (Å²) in [5.41, 5.74) is 2.80. The summed E-state index contributed by atoms with van der Waals surface area (Å²) in [6.07, 6.45) is 1.51. The van der Waals surface area contributed by atoms with E-state index < -0.39 is 0 Å². The molecule has 0 unspecified atom stereocenters. The highest BCUT2D eigenvalue weighted by atomic mass is 19.1. The van der Waals surface area contributed by atoms with Gasteiger partial charge in [0.15, 0.2) is 5.76 Å². The number of hydrogen-bond donors (Lipinski definition) is 0. The molecule has 0 aliphatic heterocycles. The topological polar surface area (TPSA) is 52.6 Å². The van der Waals surface area contributed by atoms with Crippen LogP contribution < -0.4 is 10.2 Å². The van der Waals surface area contributed by atoms with E-state index in [1.807, 2.05) is 19.9 Å². The lowest BCUT2D eigenvalue weighted by atomic mass is 10.1. The molecule has 4 rings (SSSR count). The first-order valence-electron chi connectivity index (χ1n) is 8.52. The quantitative estimate of drug-likeness (QED) is 0.487. The van der Waals surface area contributed by atoms with Gasteiger partial charge in [0, 0.05) is 0 Å². The van der Waals surface area contributed by atoms with Gasteiger partial charge in [0.25, 0.3) is 0 Å². The van der Waals surface area contributed by atoms with Gasteiger partial charge < -0.3 is 13.6 Å². The number of aryl methyl sites for hydroxylation is 2. The lowest BCUT2D eigenvalue weighted by Crippen LogP contribution is -2.11. The zero-order valence-corrected chi connectivity index (χ0v) is 14.9. The number of ether oxygens (including phenoxy) is 1. The van der Waals surface area contributed by atoms with E-state index in [0.29, 0.717) is 16.7 Å². The van der Waals surface area contributed by atoms with Gasteiger partial charge in [0.05, 0.1) is 11.6 Å². The van der Waals surface area contributed by atoms with Gasteiger partial charge in [-0.1, -0.05) is 18.2 Å². The molecule has 0 amide bonds. The van der Waals surface area contributed by atoms with Crippen LogP contribution in [0.1, 0.15) is 16.7 Å². The molecule has 0 atom stereocenters. The Morgan fingerprint density at radius 1 is 1.07 bits per heavy atom. The molecule has 0 N–H and O–H groups in total. The monoisotopic (exact) mass is 364 g/mol. The third kappa shape index (κ3) is 3.24. The van der Waals surface area contributed by atoms with E-state index in [1.54, 1.807) is 30.3 Å². The minimum atomic E-state index is -0.328. The largest absolute Gasteiger partial charge is 0.481 e. The molecule has 5 heteroatoms. The van der Waals surface area contributed by atoms with Crippen molar-refractivity contribution in [3.05, 3.63) is 87.5 Å². The summed E-state index contributed by atoms with van der Waals surface area (Å²) in [4.78, 5) is 13.1. The average molecular weight is 364 g/mol. The fourth-order valence-corrected chi connectivity index (χ4v) is 3.07. The molecule has 0 aliphatic rings. The first-order chi connectivity index (χ1) is 13.0. The highest BCUT2D eigenvalue weighted by Gasteiger charge is 2.21. The number of rotatable bonds is 4. The van der Waals surface area contributed by atoms with Gasteiger partial charge in [-0.3, -0.25) is 4.79 Å². The molecule has 0 fully saturated rings. The molecule has 0 bridgehead atoms. The van der Waals surface area contributed by atoms with Gasteiger partial charge >= 0.3 is 0 Å². The van der Waals surface area contributed by atoms with E-state index in [9.17, 15) is 9.18 Å². The normalized spacial score (nSPS) is 11.1. The van der Waals surface area contributed by atoms with Crippen molar-refractivity contribution >= 4 is 11.0 Å². The number of hydrogen-bond acceptors (Lipinski definition) is 4. The van der Waals surface area contributed by atoms with Gasteiger partial charge in [-0.25, -0.2) is 4.39 Å². The maximum Gasteiger partial charge on any atom is 0.235 e. The van der Waals surface area contributed by atoms with Crippen LogP contribution in [-0.2, 0) is 6.61 Å². The number of benzene rings is 2. The Kier molecular flexibility index (Phi) is 4.28. The van der Waals surface area contributed by atoms with E-state index in [0.717, 1.165) is 16.7 Å². The summed E-state index contributed by atoms with van der Waals surface area (Å²) in [5, 5.41) is 0.455. The Bertz CT molecular complexity index is 1160. The van der Waals surface area contributed by atoms with E-state index in [4.69, 9.17) is 13.6 Å². The Hall–Kier alpha value is -3.34. The van der Waals surface area contributed by atoms with Crippen LogP contribution in [0.15, 0.2) is 68.4 Å². The second kappa shape index (κ2) is 6.76. The van der Waals surface area contributed by atoms with Crippen LogP contribution in [0.3, 0.4) is 0 Å². The summed E-state index contributed by atoms with van der Waals surface area (Å²) >= 11 is 0. The van der Waals surface area contributed by atoms with Crippen molar-refractivity contribution in [2.45, 2.75) is 20.5 Å². The SMILES string of the molecule is Cc1cc(C)c2oc(-c3ccco3)c(OCc3ccc(F)cc3)c(=O)c2c1. The third-order valence-electron chi connectivity index (χ3n) is 4.32. The maximum atomic E-state index is 13.1. The van der Waals surface area contributed by atoms with Crippen LogP contribution >= 0.6 is 0 Å². The minimum absolute atomic E-state index is 0.0757. The first-order valence-corrected chi connectivity index (χ1v) is 8.52. The third-order valence-corrected chi connectivity index (χ3v) is 4.32. The van der Waals surface area contributed by atoms with Gasteiger partial charge in [0.2, 0.25) is 16.9 Å². The van der Waals surface area contributed by atoms with Crippen LogP contribution in [0.4, 0.5) is 4.39 Å². The molecule has 4 nitrogen and oxygen atoms in total. The Labute approximate surface area is 154 Å². The molecule has 0 saturated heterocycles. The lowest BCUT2D eigenvalue weighted by molar-refractivity contribution is 0.296. The Morgan fingerprint density at radius 3 is 2.56 bits per heavy atom. The molecule has 0 spiro atoms. The summed E-state index contributed by atoms with van der Waals surface area (Å²) in [6, 6.07) is 13.1. The molecule has 0 saturated carbocycles. The Balaban J connectivity index is 1.86. The smallest absolute Gasteiger partial charge is 0.235 e. The first kappa shape index (κ1) is 17.1. The van der Waals surface area contributed by atoms with Crippen molar-refractivity contribution in [3.63, 3.8) is 0 Å². The highest BCUT2D eigenvalue weighted by molar-refractivity contribution is 5.84. The molecule has 0 radical (unpaired) electrons. The van der Waals surface area contributed by atoms with Crippen LogP contribution in [-0.4, -0.2) is 0 Å². The Morgan fingerprint density at radius 2 is 1.85 bits per heavy atom. The maximum absolute atomic E-state index is 13.1. The van der Waals surface area contributed by atoms with Crippen molar-refractivity contribution in [2.75, 3.05) is 0 Å². The molecule has 2 aromatic carbocycles. The molecule has 2 heterocycles. The number of furan rings is 1. The van der Waals surface area contributed by atoms with Crippen molar-refractivity contribution < 1.29 is 18.0 Å². The van der Waals surface area contributed by atoms with Crippen molar-refractivity contribution in [1.82, 2.24) is 0 Å². The van der Waals surface area contributed by atoms with E-state index >= 15 is 0 Å². The predicted molar refractivity (Wildman–Crippen MR) is 100 cm³/mol. The zero-order chi connectivity index (χ0) is 19.0. The van der Waals surface area contributed by atoms with E-state index in [1.165, 1.54) is 18.4 Å². The summed E-state index contributed by atoms with van der Waals surface area (Å²) in [7, 11) is 0. The van der Waals surface area contributed by atoms with Gasteiger partial charge in [-0.05, 0) is 60.9 Å². The average Bonchev–Trinajstić information content (AvgIpc) is 3.17. The van der Waals surface area contributed by atoms with E-state index in [2.05, 4.69) is 0 Å². The van der Waals surface area contributed by atoms with Gasteiger partial charge in [-0.15, -0.1) is 0 Å². The molecule has 4 aromatic rings.